The minimum Gasteiger partial charge on any atom is -0.394 e. The molecule has 1 heterocycles. The molecule has 17 heavy (non-hydrogen) atoms. The standard InChI is InChI=1S/C12H15BrClNO2/c13-10-5-9(1-2-11(10)14)15-12(6-16)8-3-4-17-7-8/h1-2,5,8,12,15-16H,3-4,6-7H2. The molecule has 2 atom stereocenters. The van der Waals surface area contributed by atoms with Crippen LogP contribution in [-0.2, 0) is 4.74 Å². The molecule has 0 bridgehead atoms. The monoisotopic (exact) mass is 319 g/mol. The molecule has 2 unspecified atom stereocenters. The van der Waals surface area contributed by atoms with Crippen molar-refractivity contribution in [3.8, 4) is 0 Å². The molecule has 5 heteroatoms. The summed E-state index contributed by atoms with van der Waals surface area (Å²) in [5.74, 6) is 0.370. The topological polar surface area (TPSA) is 41.5 Å². The van der Waals surface area contributed by atoms with Crippen molar-refractivity contribution < 1.29 is 9.84 Å². The van der Waals surface area contributed by atoms with E-state index in [2.05, 4.69) is 21.2 Å². The molecule has 0 radical (unpaired) electrons. The van der Waals surface area contributed by atoms with Gasteiger partial charge in [0, 0.05) is 22.7 Å². The smallest absolute Gasteiger partial charge is 0.0636 e. The number of halogens is 2. The predicted octanol–water partition coefficient (Wildman–Crippen LogP) is 2.91. The minimum absolute atomic E-state index is 0.0329. The lowest BCUT2D eigenvalue weighted by Crippen LogP contribution is -2.33. The van der Waals surface area contributed by atoms with Crippen molar-refractivity contribution in [3.05, 3.63) is 27.7 Å². The maximum absolute atomic E-state index is 9.42. The van der Waals surface area contributed by atoms with Gasteiger partial charge in [0.25, 0.3) is 0 Å². The molecule has 2 N–H and O–H groups in total. The third kappa shape index (κ3) is 3.35. The van der Waals surface area contributed by atoms with Crippen LogP contribution < -0.4 is 5.32 Å². The van der Waals surface area contributed by atoms with E-state index in [0.717, 1.165) is 23.2 Å². The zero-order valence-electron chi connectivity index (χ0n) is 9.33. The highest BCUT2D eigenvalue weighted by Crippen LogP contribution is 2.27. The second-order valence-electron chi connectivity index (χ2n) is 4.19. The summed E-state index contributed by atoms with van der Waals surface area (Å²) in [6.07, 6.45) is 0.993. The number of hydrogen-bond donors (Lipinski definition) is 2. The molecule has 94 valence electrons. The Morgan fingerprint density at radius 2 is 2.41 bits per heavy atom. The molecule has 0 saturated carbocycles. The third-order valence-electron chi connectivity index (χ3n) is 3.00. The number of hydrogen-bond acceptors (Lipinski definition) is 3. The lowest BCUT2D eigenvalue weighted by Gasteiger charge is -2.22. The van der Waals surface area contributed by atoms with Gasteiger partial charge in [0.15, 0.2) is 0 Å². The van der Waals surface area contributed by atoms with Gasteiger partial charge in [-0.05, 0) is 40.5 Å². The van der Waals surface area contributed by atoms with Crippen LogP contribution in [0, 0.1) is 5.92 Å². The van der Waals surface area contributed by atoms with Gasteiger partial charge in [-0.25, -0.2) is 0 Å². The summed E-state index contributed by atoms with van der Waals surface area (Å²) in [6.45, 7) is 1.61. The molecule has 0 spiro atoms. The molecule has 1 aliphatic rings. The molecule has 1 aromatic rings. The maximum atomic E-state index is 9.42. The van der Waals surface area contributed by atoms with E-state index in [4.69, 9.17) is 16.3 Å². The van der Waals surface area contributed by atoms with Gasteiger partial charge in [0.1, 0.15) is 0 Å². The van der Waals surface area contributed by atoms with Crippen LogP contribution in [0.3, 0.4) is 0 Å². The molecular weight excluding hydrogens is 305 g/mol. The minimum atomic E-state index is 0.0329. The Balaban J connectivity index is 2.04. The van der Waals surface area contributed by atoms with Crippen LogP contribution in [-0.4, -0.2) is 31.0 Å². The Kier molecular flexibility index (Phi) is 4.68. The van der Waals surface area contributed by atoms with Crippen molar-refractivity contribution in [3.63, 3.8) is 0 Å². The van der Waals surface area contributed by atoms with Crippen molar-refractivity contribution in [2.24, 2.45) is 5.92 Å². The normalized spacial score (nSPS) is 21.5. The van der Waals surface area contributed by atoms with Crippen LogP contribution in [0.4, 0.5) is 5.69 Å². The molecule has 0 amide bonds. The molecular formula is C12H15BrClNO2. The molecule has 1 saturated heterocycles. The van der Waals surface area contributed by atoms with Gasteiger partial charge in [0.2, 0.25) is 0 Å². The second kappa shape index (κ2) is 6.05. The Morgan fingerprint density at radius 3 is 3.00 bits per heavy atom. The summed E-state index contributed by atoms with van der Waals surface area (Å²) in [5, 5.41) is 13.4. The third-order valence-corrected chi connectivity index (χ3v) is 4.22. The Labute approximate surface area is 114 Å². The average Bonchev–Trinajstić information content (AvgIpc) is 2.84. The van der Waals surface area contributed by atoms with Gasteiger partial charge in [-0.2, -0.15) is 0 Å². The highest BCUT2D eigenvalue weighted by Gasteiger charge is 2.25. The van der Waals surface area contributed by atoms with Crippen molar-refractivity contribution in [2.75, 3.05) is 25.1 Å². The number of anilines is 1. The maximum Gasteiger partial charge on any atom is 0.0636 e. The zero-order valence-corrected chi connectivity index (χ0v) is 11.7. The molecule has 0 aliphatic carbocycles. The summed E-state index contributed by atoms with van der Waals surface area (Å²) in [7, 11) is 0. The first-order valence-corrected chi connectivity index (χ1v) is 6.78. The van der Waals surface area contributed by atoms with Crippen molar-refractivity contribution in [1.82, 2.24) is 0 Å². The van der Waals surface area contributed by atoms with Gasteiger partial charge >= 0.3 is 0 Å². The number of ether oxygens (including phenoxy) is 1. The summed E-state index contributed by atoms with van der Waals surface area (Å²) in [6, 6.07) is 5.69. The quantitative estimate of drug-likeness (QED) is 0.896. The van der Waals surface area contributed by atoms with Gasteiger partial charge in [0.05, 0.1) is 24.3 Å². The molecule has 1 aromatic carbocycles. The Bertz CT molecular complexity index is 383. The highest BCUT2D eigenvalue weighted by atomic mass is 79.9. The van der Waals surface area contributed by atoms with Crippen molar-refractivity contribution in [1.29, 1.82) is 0 Å². The van der Waals surface area contributed by atoms with E-state index >= 15 is 0 Å². The van der Waals surface area contributed by atoms with Crippen LogP contribution in [0.5, 0.6) is 0 Å². The first-order chi connectivity index (χ1) is 8.20. The first-order valence-electron chi connectivity index (χ1n) is 5.61. The summed E-state index contributed by atoms with van der Waals surface area (Å²) < 4.78 is 6.19. The molecule has 1 aliphatic heterocycles. The largest absolute Gasteiger partial charge is 0.394 e. The highest BCUT2D eigenvalue weighted by molar-refractivity contribution is 9.10. The molecule has 3 nitrogen and oxygen atoms in total. The number of rotatable bonds is 4. The SMILES string of the molecule is OCC(Nc1ccc(Cl)c(Br)c1)C1CCOC1. The van der Waals surface area contributed by atoms with Gasteiger partial charge in [-0.1, -0.05) is 11.6 Å². The fraction of sp³-hybridized carbons (Fsp3) is 0.500. The fourth-order valence-electron chi connectivity index (χ4n) is 1.98. The van der Waals surface area contributed by atoms with Gasteiger partial charge in [-0.15, -0.1) is 0 Å². The van der Waals surface area contributed by atoms with E-state index in [1.807, 2.05) is 18.2 Å². The number of nitrogens with one attached hydrogen (secondary N) is 1. The van der Waals surface area contributed by atoms with Crippen LogP contribution in [0.25, 0.3) is 0 Å². The Morgan fingerprint density at radius 1 is 1.59 bits per heavy atom. The molecule has 1 fully saturated rings. The van der Waals surface area contributed by atoms with E-state index in [1.165, 1.54) is 0 Å². The summed E-state index contributed by atoms with van der Waals surface area (Å²) in [4.78, 5) is 0. The Hall–Kier alpha value is -0.290. The zero-order chi connectivity index (χ0) is 12.3. The first kappa shape index (κ1) is 13.1. The molecule has 2 rings (SSSR count). The van der Waals surface area contributed by atoms with E-state index in [0.29, 0.717) is 17.5 Å². The number of aliphatic hydroxyl groups excluding tert-OH is 1. The summed E-state index contributed by atoms with van der Waals surface area (Å²) in [5.41, 5.74) is 0.951. The van der Waals surface area contributed by atoms with E-state index in [1.54, 1.807) is 0 Å². The van der Waals surface area contributed by atoms with Crippen LogP contribution in [0.2, 0.25) is 5.02 Å². The lowest BCUT2D eigenvalue weighted by atomic mass is 9.99. The van der Waals surface area contributed by atoms with E-state index < -0.39 is 0 Å². The second-order valence-corrected chi connectivity index (χ2v) is 5.45. The lowest BCUT2D eigenvalue weighted by molar-refractivity contribution is 0.170. The number of benzene rings is 1. The van der Waals surface area contributed by atoms with Crippen LogP contribution in [0.15, 0.2) is 22.7 Å². The molecule has 0 aromatic heterocycles. The van der Waals surface area contributed by atoms with Crippen LogP contribution >= 0.6 is 27.5 Å². The predicted molar refractivity (Wildman–Crippen MR) is 72.6 cm³/mol. The van der Waals surface area contributed by atoms with Crippen LogP contribution in [0.1, 0.15) is 6.42 Å². The van der Waals surface area contributed by atoms with Gasteiger partial charge in [-0.3, -0.25) is 0 Å². The van der Waals surface area contributed by atoms with Gasteiger partial charge < -0.3 is 15.2 Å². The van der Waals surface area contributed by atoms with E-state index in [-0.39, 0.29) is 12.6 Å². The van der Waals surface area contributed by atoms with Crippen molar-refractivity contribution >= 4 is 33.2 Å². The number of aliphatic hydroxyl groups is 1. The fourth-order valence-corrected chi connectivity index (χ4v) is 2.48. The van der Waals surface area contributed by atoms with E-state index in [9.17, 15) is 5.11 Å². The van der Waals surface area contributed by atoms with Crippen molar-refractivity contribution in [2.45, 2.75) is 12.5 Å². The average molecular weight is 321 g/mol. The summed E-state index contributed by atoms with van der Waals surface area (Å²) >= 11 is 9.32.